The summed E-state index contributed by atoms with van der Waals surface area (Å²) in [5.41, 5.74) is 1.79. The molecule has 5 nitrogen and oxygen atoms in total. The highest BCUT2D eigenvalue weighted by molar-refractivity contribution is 7.16. The molecule has 1 aromatic carbocycles. The first-order valence-corrected chi connectivity index (χ1v) is 7.80. The Morgan fingerprint density at radius 1 is 1.27 bits per heavy atom. The van der Waals surface area contributed by atoms with E-state index in [1.165, 1.54) is 22.2 Å². The fraction of sp³-hybridized carbons (Fsp3) is 0.188. The number of carbonyl (C=O) groups excluding carboxylic acids is 1. The minimum atomic E-state index is -0.124. The highest BCUT2D eigenvalue weighted by atomic mass is 32.1. The third kappa shape index (κ3) is 3.07. The molecule has 0 unspecified atom stereocenters. The second-order valence-electron chi connectivity index (χ2n) is 5.05. The van der Waals surface area contributed by atoms with Crippen molar-refractivity contribution in [3.05, 3.63) is 58.0 Å². The minimum Gasteiger partial charge on any atom is -0.326 e. The first-order valence-electron chi connectivity index (χ1n) is 6.92. The zero-order chi connectivity index (χ0) is 15.5. The van der Waals surface area contributed by atoms with E-state index in [-0.39, 0.29) is 17.9 Å². The van der Waals surface area contributed by atoms with Gasteiger partial charge in [-0.15, -0.1) is 11.3 Å². The van der Waals surface area contributed by atoms with Gasteiger partial charge >= 0.3 is 0 Å². The van der Waals surface area contributed by atoms with Gasteiger partial charge in [-0.05, 0) is 30.5 Å². The van der Waals surface area contributed by atoms with Gasteiger partial charge in [-0.2, -0.15) is 0 Å². The van der Waals surface area contributed by atoms with Crippen LogP contribution in [0.3, 0.4) is 0 Å². The normalized spacial score (nSPS) is 10.8. The fourth-order valence-corrected chi connectivity index (χ4v) is 2.86. The van der Waals surface area contributed by atoms with Crippen molar-refractivity contribution in [2.75, 3.05) is 5.32 Å². The molecular weight excluding hydrogens is 298 g/mol. The molecule has 2 aromatic heterocycles. The van der Waals surface area contributed by atoms with Crippen LogP contribution in [0.25, 0.3) is 10.2 Å². The highest BCUT2D eigenvalue weighted by Gasteiger charge is 2.07. The zero-order valence-corrected chi connectivity index (χ0v) is 12.9. The zero-order valence-electron chi connectivity index (χ0n) is 12.1. The molecule has 0 saturated carbocycles. The third-order valence-electron chi connectivity index (χ3n) is 3.37. The average molecular weight is 313 g/mol. The van der Waals surface area contributed by atoms with Crippen LogP contribution in [0.15, 0.2) is 46.8 Å². The van der Waals surface area contributed by atoms with E-state index < -0.39 is 0 Å². The number of carbonyl (C=O) groups is 1. The molecule has 112 valence electrons. The number of fused-ring (bicyclic) bond motifs is 1. The van der Waals surface area contributed by atoms with Crippen molar-refractivity contribution in [1.29, 1.82) is 0 Å². The van der Waals surface area contributed by atoms with Gasteiger partial charge in [0.2, 0.25) is 5.91 Å². The Labute approximate surface area is 131 Å². The molecule has 0 fully saturated rings. The lowest BCUT2D eigenvalue weighted by atomic mass is 10.2. The average Bonchev–Trinajstić information content (AvgIpc) is 2.98. The number of hydrogen-bond acceptors (Lipinski definition) is 4. The lowest BCUT2D eigenvalue weighted by Crippen LogP contribution is -2.23. The SMILES string of the molecule is Cc1ccc(NC(=O)CCn2cnc3sccc3c2=O)cc1. The van der Waals surface area contributed by atoms with Crippen molar-refractivity contribution in [3.63, 3.8) is 0 Å². The van der Waals surface area contributed by atoms with Crippen LogP contribution in [0.5, 0.6) is 0 Å². The van der Waals surface area contributed by atoms with Crippen LogP contribution in [-0.4, -0.2) is 15.5 Å². The Balaban J connectivity index is 1.66. The molecule has 22 heavy (non-hydrogen) atoms. The predicted octanol–water partition coefficient (Wildman–Crippen LogP) is 2.80. The van der Waals surface area contributed by atoms with E-state index in [1.54, 1.807) is 6.07 Å². The molecule has 0 saturated heterocycles. The summed E-state index contributed by atoms with van der Waals surface area (Å²) in [6.45, 7) is 2.31. The number of thiophene rings is 1. The molecule has 0 aliphatic heterocycles. The molecule has 0 atom stereocenters. The maximum Gasteiger partial charge on any atom is 0.262 e. The number of aromatic nitrogens is 2. The topological polar surface area (TPSA) is 64.0 Å². The Bertz CT molecular complexity index is 865. The largest absolute Gasteiger partial charge is 0.326 e. The number of benzene rings is 1. The Morgan fingerprint density at radius 2 is 2.05 bits per heavy atom. The molecule has 0 aliphatic rings. The summed E-state index contributed by atoms with van der Waals surface area (Å²) in [5, 5.41) is 5.26. The van der Waals surface area contributed by atoms with Gasteiger partial charge in [0, 0.05) is 18.7 Å². The van der Waals surface area contributed by atoms with Crippen molar-refractivity contribution >= 4 is 33.1 Å². The van der Waals surface area contributed by atoms with Crippen molar-refractivity contribution < 1.29 is 4.79 Å². The van der Waals surface area contributed by atoms with Crippen LogP contribution >= 0.6 is 11.3 Å². The summed E-state index contributed by atoms with van der Waals surface area (Å²) in [6.07, 6.45) is 1.73. The monoisotopic (exact) mass is 313 g/mol. The van der Waals surface area contributed by atoms with Gasteiger partial charge in [0.15, 0.2) is 0 Å². The van der Waals surface area contributed by atoms with Crippen LogP contribution in [0.1, 0.15) is 12.0 Å². The lowest BCUT2D eigenvalue weighted by Gasteiger charge is -2.07. The summed E-state index contributed by atoms with van der Waals surface area (Å²) in [5.74, 6) is -0.124. The number of hydrogen-bond donors (Lipinski definition) is 1. The van der Waals surface area contributed by atoms with Crippen molar-refractivity contribution in [3.8, 4) is 0 Å². The van der Waals surface area contributed by atoms with E-state index in [4.69, 9.17) is 0 Å². The second kappa shape index (κ2) is 6.11. The highest BCUT2D eigenvalue weighted by Crippen LogP contribution is 2.13. The van der Waals surface area contributed by atoms with Gasteiger partial charge in [0.25, 0.3) is 5.56 Å². The Morgan fingerprint density at radius 3 is 2.82 bits per heavy atom. The van der Waals surface area contributed by atoms with Gasteiger partial charge < -0.3 is 5.32 Å². The van der Waals surface area contributed by atoms with E-state index in [2.05, 4.69) is 10.3 Å². The van der Waals surface area contributed by atoms with Crippen molar-refractivity contribution in [1.82, 2.24) is 9.55 Å². The van der Waals surface area contributed by atoms with Crippen LogP contribution in [-0.2, 0) is 11.3 Å². The Hall–Kier alpha value is -2.47. The summed E-state index contributed by atoms with van der Waals surface area (Å²) in [7, 11) is 0. The summed E-state index contributed by atoms with van der Waals surface area (Å²) < 4.78 is 1.48. The third-order valence-corrected chi connectivity index (χ3v) is 4.19. The summed E-state index contributed by atoms with van der Waals surface area (Å²) in [6, 6.07) is 9.36. The summed E-state index contributed by atoms with van der Waals surface area (Å²) in [4.78, 5) is 29.1. The number of aryl methyl sites for hydroxylation is 2. The van der Waals surface area contributed by atoms with Crippen LogP contribution in [0.2, 0.25) is 0 Å². The smallest absolute Gasteiger partial charge is 0.262 e. The first kappa shape index (κ1) is 14.5. The Kier molecular flexibility index (Phi) is 4.02. The number of nitrogens with zero attached hydrogens (tertiary/aromatic N) is 2. The minimum absolute atomic E-state index is 0.102. The molecule has 3 rings (SSSR count). The van der Waals surface area contributed by atoms with Gasteiger partial charge in [-0.3, -0.25) is 14.2 Å². The standard InChI is InChI=1S/C16H15N3O2S/c1-11-2-4-12(5-3-11)18-14(20)6-8-19-10-17-15-13(16(19)21)7-9-22-15/h2-5,7,9-10H,6,8H2,1H3,(H,18,20). The number of nitrogens with one attached hydrogen (secondary N) is 1. The molecular formula is C16H15N3O2S. The van der Waals surface area contributed by atoms with Gasteiger partial charge in [-0.25, -0.2) is 4.98 Å². The maximum absolute atomic E-state index is 12.2. The van der Waals surface area contributed by atoms with Crippen molar-refractivity contribution in [2.24, 2.45) is 0 Å². The molecule has 1 N–H and O–H groups in total. The molecule has 3 aromatic rings. The first-order chi connectivity index (χ1) is 10.6. The van der Waals surface area contributed by atoms with E-state index in [0.29, 0.717) is 11.9 Å². The molecule has 1 amide bonds. The molecule has 2 heterocycles. The molecule has 0 spiro atoms. The van der Waals surface area contributed by atoms with Crippen LogP contribution < -0.4 is 10.9 Å². The van der Waals surface area contributed by atoms with Crippen molar-refractivity contribution in [2.45, 2.75) is 19.9 Å². The molecule has 0 radical (unpaired) electrons. The van der Waals surface area contributed by atoms with E-state index in [9.17, 15) is 9.59 Å². The van der Waals surface area contributed by atoms with Gasteiger partial charge in [-0.1, -0.05) is 17.7 Å². The lowest BCUT2D eigenvalue weighted by molar-refractivity contribution is -0.116. The second-order valence-corrected chi connectivity index (χ2v) is 5.94. The van der Waals surface area contributed by atoms with Gasteiger partial charge in [0.1, 0.15) is 4.83 Å². The van der Waals surface area contributed by atoms with Gasteiger partial charge in [0.05, 0.1) is 11.7 Å². The number of amides is 1. The van der Waals surface area contributed by atoms with Crippen LogP contribution in [0, 0.1) is 6.92 Å². The number of rotatable bonds is 4. The predicted molar refractivity (Wildman–Crippen MR) is 88.3 cm³/mol. The van der Waals surface area contributed by atoms with E-state index in [0.717, 1.165) is 16.1 Å². The number of anilines is 1. The van der Waals surface area contributed by atoms with Crippen LogP contribution in [0.4, 0.5) is 5.69 Å². The molecule has 0 aliphatic carbocycles. The molecule has 0 bridgehead atoms. The maximum atomic E-state index is 12.2. The quantitative estimate of drug-likeness (QED) is 0.805. The van der Waals surface area contributed by atoms with E-state index in [1.807, 2.05) is 36.6 Å². The fourth-order valence-electron chi connectivity index (χ4n) is 2.13. The van der Waals surface area contributed by atoms with E-state index >= 15 is 0 Å². The molecule has 6 heteroatoms. The summed E-state index contributed by atoms with van der Waals surface area (Å²) >= 11 is 1.43.